The van der Waals surface area contributed by atoms with E-state index in [0.717, 1.165) is 67.8 Å². The van der Waals surface area contributed by atoms with Crippen molar-refractivity contribution in [2.24, 2.45) is 0 Å². The van der Waals surface area contributed by atoms with Crippen molar-refractivity contribution >= 4 is 16.9 Å². The Morgan fingerprint density at radius 3 is 3.03 bits per heavy atom. The largest absolute Gasteiger partial charge is 0.368 e. The maximum Gasteiger partial charge on any atom is 0.267 e. The molecule has 0 radical (unpaired) electrons. The Morgan fingerprint density at radius 2 is 2.07 bits per heavy atom. The van der Waals surface area contributed by atoms with Crippen LogP contribution in [0.5, 0.6) is 0 Å². The summed E-state index contributed by atoms with van der Waals surface area (Å²) in [7, 11) is 0. The van der Waals surface area contributed by atoms with E-state index in [1.165, 1.54) is 12.8 Å². The molecule has 1 fully saturated rings. The van der Waals surface area contributed by atoms with Crippen molar-refractivity contribution in [3.63, 3.8) is 0 Å². The van der Waals surface area contributed by atoms with E-state index in [0.29, 0.717) is 18.2 Å². The Bertz CT molecular complexity index is 1090. The van der Waals surface area contributed by atoms with Crippen LogP contribution in [0.1, 0.15) is 36.9 Å². The first-order valence-electron chi connectivity index (χ1n) is 10.9. The summed E-state index contributed by atoms with van der Waals surface area (Å²) in [5.74, 6) is 0.829. The lowest BCUT2D eigenvalue weighted by Gasteiger charge is -2.36. The maximum atomic E-state index is 12.4. The monoisotopic (exact) mass is 405 g/mol. The summed E-state index contributed by atoms with van der Waals surface area (Å²) < 4.78 is 1.66. The van der Waals surface area contributed by atoms with Gasteiger partial charge in [0.2, 0.25) is 0 Å². The van der Waals surface area contributed by atoms with Gasteiger partial charge < -0.3 is 5.32 Å². The summed E-state index contributed by atoms with van der Waals surface area (Å²) in [4.78, 5) is 27.9. The van der Waals surface area contributed by atoms with E-state index in [-0.39, 0.29) is 5.56 Å². The molecule has 0 amide bonds. The lowest BCUT2D eigenvalue weighted by molar-refractivity contribution is 0.148. The van der Waals surface area contributed by atoms with Crippen LogP contribution in [0.2, 0.25) is 0 Å². The van der Waals surface area contributed by atoms with E-state index in [1.54, 1.807) is 23.3 Å². The third-order valence-electron chi connectivity index (χ3n) is 6.29. The topological polar surface area (TPSA) is 88.8 Å². The average molecular weight is 406 g/mol. The number of piperidine rings is 1. The number of anilines is 1. The standard InChI is InChI=1S/C22H27N7O/c30-20-13-16-5-3-8-19(16)27-29(20)12-11-28-10-2-1-6-17(28)14-24-22-18-7-4-9-23-21(18)25-15-26-22/h4,7,9,13,15,17H,1-3,5-6,8,10-12,14H2,(H,23,24,25,26). The molecule has 0 bridgehead atoms. The minimum absolute atomic E-state index is 0.0299. The van der Waals surface area contributed by atoms with Crippen LogP contribution in [-0.4, -0.2) is 55.3 Å². The zero-order valence-corrected chi connectivity index (χ0v) is 17.1. The normalized spacial score (nSPS) is 19.1. The minimum Gasteiger partial charge on any atom is -0.368 e. The maximum absolute atomic E-state index is 12.4. The molecular weight excluding hydrogens is 378 g/mol. The van der Waals surface area contributed by atoms with Gasteiger partial charge in [-0.15, -0.1) is 0 Å². The highest BCUT2D eigenvalue weighted by atomic mass is 16.1. The lowest BCUT2D eigenvalue weighted by Crippen LogP contribution is -2.45. The van der Waals surface area contributed by atoms with Crippen LogP contribution in [0.15, 0.2) is 35.5 Å². The van der Waals surface area contributed by atoms with E-state index in [1.807, 2.05) is 12.1 Å². The number of rotatable bonds is 6. The lowest BCUT2D eigenvalue weighted by atomic mass is 10.0. The third kappa shape index (κ3) is 3.92. The number of pyridine rings is 1. The van der Waals surface area contributed by atoms with Crippen molar-refractivity contribution in [3.8, 4) is 0 Å². The fourth-order valence-electron chi connectivity index (χ4n) is 4.66. The molecule has 3 aromatic rings. The predicted octanol–water partition coefficient (Wildman–Crippen LogP) is 2.04. The highest BCUT2D eigenvalue weighted by molar-refractivity contribution is 5.85. The highest BCUT2D eigenvalue weighted by Crippen LogP contribution is 2.21. The molecular formula is C22H27N7O. The first-order chi connectivity index (χ1) is 14.8. The zero-order chi connectivity index (χ0) is 20.3. The number of hydrogen-bond donors (Lipinski definition) is 1. The Morgan fingerprint density at radius 1 is 1.10 bits per heavy atom. The van der Waals surface area contributed by atoms with Gasteiger partial charge in [-0.2, -0.15) is 5.10 Å². The van der Waals surface area contributed by atoms with Gasteiger partial charge >= 0.3 is 0 Å². The van der Waals surface area contributed by atoms with Crippen molar-refractivity contribution in [2.75, 3.05) is 25.0 Å². The fraction of sp³-hybridized carbons (Fsp3) is 0.500. The molecule has 8 nitrogen and oxygen atoms in total. The van der Waals surface area contributed by atoms with Crippen molar-refractivity contribution in [2.45, 2.75) is 51.1 Å². The molecule has 30 heavy (non-hydrogen) atoms. The van der Waals surface area contributed by atoms with Crippen LogP contribution in [0.3, 0.4) is 0 Å². The number of aryl methyl sites for hydroxylation is 2. The van der Waals surface area contributed by atoms with Gasteiger partial charge in [0.25, 0.3) is 5.56 Å². The second-order valence-corrected chi connectivity index (χ2v) is 8.19. The second kappa shape index (κ2) is 8.47. The third-order valence-corrected chi connectivity index (χ3v) is 6.29. The van der Waals surface area contributed by atoms with Crippen LogP contribution in [0.25, 0.3) is 11.0 Å². The zero-order valence-electron chi connectivity index (χ0n) is 17.1. The van der Waals surface area contributed by atoms with Gasteiger partial charge in [-0.1, -0.05) is 6.42 Å². The van der Waals surface area contributed by atoms with Crippen LogP contribution >= 0.6 is 0 Å². The van der Waals surface area contributed by atoms with Crippen molar-refractivity contribution < 1.29 is 0 Å². The fourth-order valence-corrected chi connectivity index (χ4v) is 4.66. The van der Waals surface area contributed by atoms with E-state index >= 15 is 0 Å². The molecule has 1 unspecified atom stereocenters. The molecule has 1 atom stereocenters. The summed E-state index contributed by atoms with van der Waals surface area (Å²) in [5.41, 5.74) is 2.98. The van der Waals surface area contributed by atoms with Gasteiger partial charge in [-0.3, -0.25) is 9.69 Å². The van der Waals surface area contributed by atoms with Crippen molar-refractivity contribution in [1.82, 2.24) is 29.6 Å². The molecule has 0 spiro atoms. The predicted molar refractivity (Wildman–Crippen MR) is 116 cm³/mol. The number of hydrogen-bond acceptors (Lipinski definition) is 7. The number of likely N-dealkylation sites (tertiary alicyclic amines) is 1. The molecule has 8 heteroatoms. The SMILES string of the molecule is O=c1cc2c(nn1CCN1CCCCC1CNc1ncnc3ncccc13)CCC2. The summed E-state index contributed by atoms with van der Waals surface area (Å²) in [5, 5.41) is 9.08. The van der Waals surface area contributed by atoms with Crippen LogP contribution in [-0.2, 0) is 19.4 Å². The molecule has 4 heterocycles. The van der Waals surface area contributed by atoms with Gasteiger partial charge in [0.05, 0.1) is 17.6 Å². The van der Waals surface area contributed by atoms with Gasteiger partial charge in [-0.25, -0.2) is 19.6 Å². The summed E-state index contributed by atoms with van der Waals surface area (Å²) in [6, 6.07) is 6.10. The van der Waals surface area contributed by atoms with Crippen LogP contribution in [0.4, 0.5) is 5.82 Å². The first-order valence-corrected chi connectivity index (χ1v) is 10.9. The quantitative estimate of drug-likeness (QED) is 0.671. The van der Waals surface area contributed by atoms with E-state index < -0.39 is 0 Å². The van der Waals surface area contributed by atoms with Gasteiger partial charge in [0.15, 0.2) is 5.65 Å². The minimum atomic E-state index is 0.0299. The van der Waals surface area contributed by atoms with Crippen molar-refractivity contribution in [1.29, 1.82) is 0 Å². The van der Waals surface area contributed by atoms with E-state index in [4.69, 9.17) is 0 Å². The molecule has 3 aromatic heterocycles. The second-order valence-electron chi connectivity index (χ2n) is 8.19. The summed E-state index contributed by atoms with van der Waals surface area (Å²) in [6.07, 6.45) is 9.97. The molecule has 0 saturated carbocycles. The molecule has 0 aromatic carbocycles. The molecule has 2 aliphatic rings. The van der Waals surface area contributed by atoms with Crippen LogP contribution < -0.4 is 10.9 Å². The number of aromatic nitrogens is 5. The average Bonchev–Trinajstić information content (AvgIpc) is 3.23. The van der Waals surface area contributed by atoms with E-state index in [9.17, 15) is 4.79 Å². The first kappa shape index (κ1) is 19.1. The number of nitrogens with zero attached hydrogens (tertiary/aromatic N) is 6. The molecule has 1 saturated heterocycles. The Kier molecular flexibility index (Phi) is 5.40. The molecule has 1 aliphatic heterocycles. The molecule has 1 N–H and O–H groups in total. The smallest absolute Gasteiger partial charge is 0.267 e. The Labute approximate surface area is 175 Å². The number of nitrogens with one attached hydrogen (secondary N) is 1. The van der Waals surface area contributed by atoms with Crippen molar-refractivity contribution in [3.05, 3.63) is 52.3 Å². The molecule has 5 rings (SSSR count). The number of fused-ring (bicyclic) bond motifs is 2. The Balaban J connectivity index is 1.25. The highest BCUT2D eigenvalue weighted by Gasteiger charge is 2.23. The molecule has 156 valence electrons. The van der Waals surface area contributed by atoms with Gasteiger partial charge in [0.1, 0.15) is 12.1 Å². The van der Waals surface area contributed by atoms with Crippen LogP contribution in [0, 0.1) is 0 Å². The molecule has 1 aliphatic carbocycles. The summed E-state index contributed by atoms with van der Waals surface area (Å²) >= 11 is 0. The van der Waals surface area contributed by atoms with Gasteiger partial charge in [-0.05, 0) is 56.3 Å². The summed E-state index contributed by atoms with van der Waals surface area (Å²) in [6.45, 7) is 3.35. The van der Waals surface area contributed by atoms with Gasteiger partial charge in [0, 0.05) is 31.4 Å². The van der Waals surface area contributed by atoms with E-state index in [2.05, 4.69) is 30.3 Å². The Hall–Kier alpha value is -2.87.